The highest BCUT2D eigenvalue weighted by molar-refractivity contribution is 5.84. The van der Waals surface area contributed by atoms with Crippen LogP contribution >= 0.6 is 0 Å². The van der Waals surface area contributed by atoms with Crippen LogP contribution < -0.4 is 28.7 Å². The zero-order valence-corrected chi connectivity index (χ0v) is 30.2. The van der Waals surface area contributed by atoms with Crippen LogP contribution in [0.5, 0.6) is 23.0 Å². The van der Waals surface area contributed by atoms with Crippen LogP contribution in [-0.4, -0.2) is 26.2 Å². The summed E-state index contributed by atoms with van der Waals surface area (Å²) in [6.07, 6.45) is 3.99. The van der Waals surface area contributed by atoms with E-state index < -0.39 is 11.9 Å². The number of ether oxygens (including phenoxy) is 4. The molecule has 0 heterocycles. The third-order valence-electron chi connectivity index (χ3n) is 8.67. The fraction of sp³-hybridized carbons (Fsp3) is 0.0870. The Kier molecular flexibility index (Phi) is 11.9. The van der Waals surface area contributed by atoms with Crippen molar-refractivity contribution >= 4 is 46.1 Å². The molecule has 6 aromatic carbocycles. The van der Waals surface area contributed by atoms with Crippen molar-refractivity contribution in [2.45, 2.75) is 12.8 Å². The van der Waals surface area contributed by atoms with E-state index in [0.717, 1.165) is 70.6 Å². The van der Waals surface area contributed by atoms with Gasteiger partial charge in [0.05, 0.1) is 14.2 Å². The number of benzene rings is 6. The molecular weight excluding hydrogens is 677 g/mol. The Morgan fingerprint density at radius 2 is 0.796 bits per heavy atom. The summed E-state index contributed by atoms with van der Waals surface area (Å²) in [6.45, 7) is 6.94. The molecule has 0 saturated heterocycles. The molecule has 0 unspecified atom stereocenters. The molecule has 0 N–H and O–H groups in total. The van der Waals surface area contributed by atoms with E-state index in [1.165, 1.54) is 11.1 Å². The molecule has 0 aliphatic heterocycles. The van der Waals surface area contributed by atoms with Gasteiger partial charge in [0.15, 0.2) is 0 Å². The summed E-state index contributed by atoms with van der Waals surface area (Å²) in [4.78, 5) is 27.7. The average Bonchev–Trinajstić information content (AvgIpc) is 3.22. The lowest BCUT2D eigenvalue weighted by Crippen LogP contribution is -2.11. The van der Waals surface area contributed by atoms with E-state index in [4.69, 9.17) is 18.9 Å². The van der Waals surface area contributed by atoms with Gasteiger partial charge in [-0.05, 0) is 121 Å². The van der Waals surface area contributed by atoms with Crippen molar-refractivity contribution in [1.82, 2.24) is 0 Å². The molecule has 0 bridgehead atoms. The predicted octanol–water partition coefficient (Wildman–Crippen LogP) is 10.6. The van der Waals surface area contributed by atoms with Gasteiger partial charge in [0, 0.05) is 58.4 Å². The fourth-order valence-electron chi connectivity index (χ4n) is 5.95. The van der Waals surface area contributed by atoms with Crippen LogP contribution in [0.2, 0.25) is 0 Å². The van der Waals surface area contributed by atoms with Gasteiger partial charge in [0.1, 0.15) is 23.0 Å². The lowest BCUT2D eigenvalue weighted by molar-refractivity contribution is -0.129. The molecule has 8 heteroatoms. The number of rotatable bonds is 15. The molecule has 0 saturated carbocycles. The second-order valence-electron chi connectivity index (χ2n) is 12.1. The molecule has 0 atom stereocenters. The molecule has 0 spiro atoms. The van der Waals surface area contributed by atoms with Gasteiger partial charge in [0.25, 0.3) is 0 Å². The molecule has 54 heavy (non-hydrogen) atoms. The first-order valence-electron chi connectivity index (χ1n) is 17.3. The zero-order valence-electron chi connectivity index (χ0n) is 30.2. The van der Waals surface area contributed by atoms with Crippen LogP contribution in [0, 0.1) is 0 Å². The molecule has 0 radical (unpaired) electrons. The van der Waals surface area contributed by atoms with E-state index in [1.54, 1.807) is 38.5 Å². The van der Waals surface area contributed by atoms with Crippen LogP contribution in [0.25, 0.3) is 0 Å². The van der Waals surface area contributed by atoms with Gasteiger partial charge in [-0.1, -0.05) is 49.6 Å². The van der Waals surface area contributed by atoms with Crippen molar-refractivity contribution in [3.05, 3.63) is 182 Å². The number of nitrogens with zero attached hydrogens (tertiary/aromatic N) is 2. The summed E-state index contributed by atoms with van der Waals surface area (Å²) < 4.78 is 21.6. The lowest BCUT2D eigenvalue weighted by Gasteiger charge is -2.26. The van der Waals surface area contributed by atoms with Gasteiger partial charge in [0.2, 0.25) is 0 Å². The van der Waals surface area contributed by atoms with Crippen molar-refractivity contribution in [2.75, 3.05) is 24.0 Å². The Hall–Kier alpha value is -7.06. The van der Waals surface area contributed by atoms with Crippen molar-refractivity contribution < 1.29 is 28.5 Å². The molecule has 0 aromatic heterocycles. The van der Waals surface area contributed by atoms with Crippen LogP contribution in [0.3, 0.4) is 0 Å². The number of anilines is 6. The highest BCUT2D eigenvalue weighted by Gasteiger charge is 2.16. The monoisotopic (exact) mass is 716 g/mol. The van der Waals surface area contributed by atoms with E-state index >= 15 is 0 Å². The second-order valence-corrected chi connectivity index (χ2v) is 12.1. The Morgan fingerprint density at radius 3 is 1.11 bits per heavy atom. The normalized spacial score (nSPS) is 10.5. The minimum Gasteiger partial charge on any atom is -0.497 e. The first-order chi connectivity index (χ1) is 26.4. The van der Waals surface area contributed by atoms with Crippen LogP contribution in [0.1, 0.15) is 11.1 Å². The first kappa shape index (κ1) is 36.7. The maximum Gasteiger partial charge on any atom is 0.335 e. The fourth-order valence-corrected chi connectivity index (χ4v) is 5.95. The van der Waals surface area contributed by atoms with E-state index in [2.05, 4.69) is 71.5 Å². The molecular formula is C46H40N2O6. The van der Waals surface area contributed by atoms with Crippen molar-refractivity contribution in [1.29, 1.82) is 0 Å². The van der Waals surface area contributed by atoms with Crippen LogP contribution in [-0.2, 0) is 22.4 Å². The number of hydrogen-bond donors (Lipinski definition) is 0. The van der Waals surface area contributed by atoms with Crippen molar-refractivity contribution in [3.8, 4) is 23.0 Å². The summed E-state index contributed by atoms with van der Waals surface area (Å²) in [5, 5.41) is 0. The molecule has 0 aliphatic carbocycles. The molecule has 0 amide bonds. The Labute approximate surface area is 315 Å². The molecule has 6 aromatic rings. The maximum atomic E-state index is 11.7. The van der Waals surface area contributed by atoms with Gasteiger partial charge in [-0.3, -0.25) is 0 Å². The number of methoxy groups -OCH3 is 2. The van der Waals surface area contributed by atoms with Gasteiger partial charge >= 0.3 is 11.9 Å². The SMILES string of the molecule is C=CC(=O)Oc1ccc(N(c2ccc(CCc3ccc(N(c4ccc(OC(=O)C=C)cc4)c4cccc(OC)c4)cc3)cc2)c2cccc(OC)c2)cc1. The van der Waals surface area contributed by atoms with E-state index in [1.807, 2.05) is 72.8 Å². The number of esters is 2. The topological polar surface area (TPSA) is 77.5 Å². The third-order valence-corrected chi connectivity index (χ3v) is 8.67. The molecule has 0 aliphatic rings. The quantitative estimate of drug-likeness (QED) is 0.0590. The average molecular weight is 717 g/mol. The minimum atomic E-state index is -0.508. The summed E-state index contributed by atoms with van der Waals surface area (Å²) in [5.74, 6) is 1.35. The second kappa shape index (κ2) is 17.4. The van der Waals surface area contributed by atoms with Gasteiger partial charge in [-0.2, -0.15) is 0 Å². The van der Waals surface area contributed by atoms with Crippen LogP contribution in [0.4, 0.5) is 34.1 Å². The highest BCUT2D eigenvalue weighted by atomic mass is 16.5. The third kappa shape index (κ3) is 9.05. The summed E-state index contributed by atoms with van der Waals surface area (Å²) in [7, 11) is 3.30. The minimum absolute atomic E-state index is 0.438. The Morgan fingerprint density at radius 1 is 0.463 bits per heavy atom. The maximum absolute atomic E-state index is 11.7. The first-order valence-corrected chi connectivity index (χ1v) is 17.3. The number of hydrogen-bond acceptors (Lipinski definition) is 8. The zero-order chi connectivity index (χ0) is 37.9. The van der Waals surface area contributed by atoms with E-state index in [9.17, 15) is 9.59 Å². The smallest absolute Gasteiger partial charge is 0.335 e. The molecule has 270 valence electrons. The lowest BCUT2D eigenvalue weighted by atomic mass is 10.0. The number of aryl methyl sites for hydroxylation is 2. The number of carbonyl (C=O) groups excluding carboxylic acids is 2. The van der Waals surface area contributed by atoms with Crippen molar-refractivity contribution in [2.24, 2.45) is 0 Å². The molecule has 0 fully saturated rings. The molecule has 8 nitrogen and oxygen atoms in total. The Balaban J connectivity index is 1.20. The van der Waals surface area contributed by atoms with Crippen LogP contribution in [0.15, 0.2) is 171 Å². The van der Waals surface area contributed by atoms with Gasteiger partial charge in [-0.25, -0.2) is 9.59 Å². The highest BCUT2D eigenvalue weighted by Crippen LogP contribution is 2.38. The van der Waals surface area contributed by atoms with Gasteiger partial charge < -0.3 is 28.7 Å². The largest absolute Gasteiger partial charge is 0.497 e. The van der Waals surface area contributed by atoms with Crippen molar-refractivity contribution in [3.63, 3.8) is 0 Å². The van der Waals surface area contributed by atoms with Gasteiger partial charge in [-0.15, -0.1) is 0 Å². The summed E-state index contributed by atoms with van der Waals surface area (Å²) in [5.41, 5.74) is 7.98. The summed E-state index contributed by atoms with van der Waals surface area (Å²) in [6, 6.07) is 47.5. The predicted molar refractivity (Wildman–Crippen MR) is 214 cm³/mol. The molecule has 6 rings (SSSR count). The Bertz CT molecular complexity index is 2050. The standard InChI is InChI=1S/C46H40N2O6/c1-5-45(49)53-41-27-23-37(24-28-41)47(39-9-7-11-43(31-39)51-3)35-19-15-33(16-20-35)13-14-34-17-21-36(22-18-34)48(40-10-8-12-44(32-40)52-4)38-25-29-42(30-26-38)54-46(50)6-2/h5-12,15-32H,1-2,13-14H2,3-4H3. The van der Waals surface area contributed by atoms with E-state index in [0.29, 0.717) is 11.5 Å². The number of carbonyl (C=O) groups is 2. The summed E-state index contributed by atoms with van der Waals surface area (Å²) >= 11 is 0. The van der Waals surface area contributed by atoms with E-state index in [-0.39, 0.29) is 0 Å².